The Morgan fingerprint density at radius 1 is 1.00 bits per heavy atom. The SMILES string of the molecule is CC.CCc1nc2c(c(C(C)(C)CC)n1)CCCC2. The average Bonchev–Trinajstić information content (AvgIpc) is 2.48. The van der Waals surface area contributed by atoms with Crippen LogP contribution >= 0.6 is 0 Å². The number of hydrogen-bond donors (Lipinski definition) is 0. The summed E-state index contributed by atoms with van der Waals surface area (Å²) in [6.45, 7) is 13.0. The van der Waals surface area contributed by atoms with E-state index >= 15 is 0 Å². The van der Waals surface area contributed by atoms with Crippen molar-refractivity contribution in [3.63, 3.8) is 0 Å². The van der Waals surface area contributed by atoms with Crippen LogP contribution in [0.3, 0.4) is 0 Å². The molecule has 1 heterocycles. The quantitative estimate of drug-likeness (QED) is 0.793. The normalized spacial score (nSPS) is 14.4. The average molecular weight is 262 g/mol. The van der Waals surface area contributed by atoms with Gasteiger partial charge in [-0.25, -0.2) is 9.97 Å². The van der Waals surface area contributed by atoms with Crippen LogP contribution in [0, 0.1) is 0 Å². The van der Waals surface area contributed by atoms with E-state index in [1.807, 2.05) is 13.8 Å². The molecule has 0 saturated heterocycles. The number of rotatable bonds is 3. The standard InChI is InChI=1S/C15H24N2.C2H6/c1-5-13-16-12-10-8-7-9-11(12)14(17-13)15(3,4)6-2;1-2/h5-10H2,1-4H3;1-2H3. The lowest BCUT2D eigenvalue weighted by Gasteiger charge is -2.28. The molecule has 2 rings (SSSR count). The second kappa shape index (κ2) is 7.02. The fourth-order valence-corrected chi connectivity index (χ4v) is 2.53. The first-order chi connectivity index (χ1) is 9.08. The summed E-state index contributed by atoms with van der Waals surface area (Å²) >= 11 is 0. The van der Waals surface area contributed by atoms with Crippen LogP contribution in [0.1, 0.15) is 83.6 Å². The number of nitrogens with zero attached hydrogens (tertiary/aromatic N) is 2. The van der Waals surface area contributed by atoms with Crippen LogP contribution in [0.5, 0.6) is 0 Å². The summed E-state index contributed by atoms with van der Waals surface area (Å²) in [6, 6.07) is 0. The Labute approximate surface area is 119 Å². The number of fused-ring (bicyclic) bond motifs is 1. The van der Waals surface area contributed by atoms with Gasteiger partial charge in [0.2, 0.25) is 0 Å². The number of aryl methyl sites for hydroxylation is 2. The summed E-state index contributed by atoms with van der Waals surface area (Å²) in [4.78, 5) is 9.57. The lowest BCUT2D eigenvalue weighted by molar-refractivity contribution is 0.472. The van der Waals surface area contributed by atoms with E-state index in [9.17, 15) is 0 Å². The van der Waals surface area contributed by atoms with Crippen molar-refractivity contribution in [1.82, 2.24) is 9.97 Å². The van der Waals surface area contributed by atoms with Crippen molar-refractivity contribution in [1.29, 1.82) is 0 Å². The highest BCUT2D eigenvalue weighted by atomic mass is 14.9. The van der Waals surface area contributed by atoms with E-state index in [2.05, 4.69) is 27.7 Å². The maximum Gasteiger partial charge on any atom is 0.128 e. The van der Waals surface area contributed by atoms with Gasteiger partial charge < -0.3 is 0 Å². The van der Waals surface area contributed by atoms with Gasteiger partial charge in [0.05, 0.1) is 5.69 Å². The third kappa shape index (κ3) is 3.55. The van der Waals surface area contributed by atoms with E-state index in [0.29, 0.717) is 0 Å². The van der Waals surface area contributed by atoms with Crippen molar-refractivity contribution in [2.45, 2.75) is 85.5 Å². The van der Waals surface area contributed by atoms with Crippen LogP contribution < -0.4 is 0 Å². The predicted octanol–water partition coefficient (Wildman–Crippen LogP) is 4.63. The van der Waals surface area contributed by atoms with E-state index < -0.39 is 0 Å². The summed E-state index contributed by atoms with van der Waals surface area (Å²) in [5.74, 6) is 1.03. The summed E-state index contributed by atoms with van der Waals surface area (Å²) in [5, 5.41) is 0. The van der Waals surface area contributed by atoms with Crippen molar-refractivity contribution in [2.75, 3.05) is 0 Å². The summed E-state index contributed by atoms with van der Waals surface area (Å²) in [6.07, 6.45) is 7.00. The van der Waals surface area contributed by atoms with E-state index in [0.717, 1.165) is 25.1 Å². The molecule has 1 aliphatic rings. The Hall–Kier alpha value is -0.920. The zero-order valence-corrected chi connectivity index (χ0v) is 13.6. The molecule has 1 aliphatic carbocycles. The Balaban J connectivity index is 0.000000861. The molecule has 0 radical (unpaired) electrons. The van der Waals surface area contributed by atoms with Gasteiger partial charge in [-0.05, 0) is 37.7 Å². The highest BCUT2D eigenvalue weighted by Gasteiger charge is 2.27. The fraction of sp³-hybridized carbons (Fsp3) is 0.765. The molecule has 0 N–H and O–H groups in total. The number of aromatic nitrogens is 2. The van der Waals surface area contributed by atoms with Crippen molar-refractivity contribution >= 4 is 0 Å². The maximum absolute atomic E-state index is 4.84. The van der Waals surface area contributed by atoms with Crippen molar-refractivity contribution in [3.8, 4) is 0 Å². The van der Waals surface area contributed by atoms with E-state index in [-0.39, 0.29) is 5.41 Å². The van der Waals surface area contributed by atoms with Crippen LogP contribution in [-0.2, 0) is 24.7 Å². The van der Waals surface area contributed by atoms with Crippen LogP contribution in [0.4, 0.5) is 0 Å². The fourth-order valence-electron chi connectivity index (χ4n) is 2.53. The highest BCUT2D eigenvalue weighted by Crippen LogP contribution is 2.32. The van der Waals surface area contributed by atoms with E-state index in [1.54, 1.807) is 0 Å². The molecule has 0 bridgehead atoms. The molecule has 0 fully saturated rings. The molecule has 1 aromatic rings. The van der Waals surface area contributed by atoms with Crippen LogP contribution in [0.25, 0.3) is 0 Å². The van der Waals surface area contributed by atoms with Gasteiger partial charge in [-0.2, -0.15) is 0 Å². The molecule has 0 amide bonds. The van der Waals surface area contributed by atoms with Crippen molar-refractivity contribution in [3.05, 3.63) is 22.8 Å². The van der Waals surface area contributed by atoms with Gasteiger partial charge in [-0.3, -0.25) is 0 Å². The van der Waals surface area contributed by atoms with E-state index in [4.69, 9.17) is 9.97 Å². The van der Waals surface area contributed by atoms with Crippen LogP contribution in [0.2, 0.25) is 0 Å². The number of hydrogen-bond acceptors (Lipinski definition) is 2. The smallest absolute Gasteiger partial charge is 0.128 e. The van der Waals surface area contributed by atoms with Crippen LogP contribution in [-0.4, -0.2) is 9.97 Å². The molecule has 0 atom stereocenters. The molecule has 2 nitrogen and oxygen atoms in total. The highest BCUT2D eigenvalue weighted by molar-refractivity contribution is 5.33. The third-order valence-electron chi connectivity index (χ3n) is 4.07. The van der Waals surface area contributed by atoms with Crippen molar-refractivity contribution in [2.24, 2.45) is 0 Å². The van der Waals surface area contributed by atoms with Gasteiger partial charge >= 0.3 is 0 Å². The minimum absolute atomic E-state index is 0.189. The Morgan fingerprint density at radius 3 is 2.21 bits per heavy atom. The van der Waals surface area contributed by atoms with Gasteiger partial charge in [-0.15, -0.1) is 0 Å². The summed E-state index contributed by atoms with van der Waals surface area (Å²) in [5.41, 5.74) is 4.30. The first kappa shape index (κ1) is 16.1. The summed E-state index contributed by atoms with van der Waals surface area (Å²) < 4.78 is 0. The summed E-state index contributed by atoms with van der Waals surface area (Å²) in [7, 11) is 0. The van der Waals surface area contributed by atoms with Gasteiger partial charge in [-0.1, -0.05) is 41.5 Å². The van der Waals surface area contributed by atoms with Gasteiger partial charge in [0.15, 0.2) is 0 Å². The first-order valence-corrected chi connectivity index (χ1v) is 7.97. The Morgan fingerprint density at radius 2 is 1.63 bits per heavy atom. The molecule has 2 heteroatoms. The minimum atomic E-state index is 0.189. The molecule has 108 valence electrons. The topological polar surface area (TPSA) is 25.8 Å². The van der Waals surface area contributed by atoms with Gasteiger partial charge in [0.25, 0.3) is 0 Å². The molecule has 0 aliphatic heterocycles. The molecule has 19 heavy (non-hydrogen) atoms. The maximum atomic E-state index is 4.84. The Bertz CT molecular complexity index is 408. The second-order valence-corrected chi connectivity index (χ2v) is 5.71. The lowest BCUT2D eigenvalue weighted by atomic mass is 9.80. The molecular weight excluding hydrogens is 232 g/mol. The molecule has 0 saturated carbocycles. The predicted molar refractivity (Wildman–Crippen MR) is 82.7 cm³/mol. The molecule has 0 unspecified atom stereocenters. The zero-order valence-electron chi connectivity index (χ0n) is 13.6. The monoisotopic (exact) mass is 262 g/mol. The molecule has 0 spiro atoms. The minimum Gasteiger partial charge on any atom is -0.238 e. The largest absolute Gasteiger partial charge is 0.238 e. The van der Waals surface area contributed by atoms with E-state index in [1.165, 1.54) is 36.2 Å². The van der Waals surface area contributed by atoms with Crippen LogP contribution in [0.15, 0.2) is 0 Å². The molecular formula is C17H30N2. The first-order valence-electron chi connectivity index (χ1n) is 7.97. The van der Waals surface area contributed by atoms with Crippen molar-refractivity contribution < 1.29 is 0 Å². The third-order valence-corrected chi connectivity index (χ3v) is 4.07. The zero-order chi connectivity index (χ0) is 14.5. The molecule has 0 aromatic carbocycles. The van der Waals surface area contributed by atoms with Gasteiger partial charge in [0.1, 0.15) is 5.82 Å². The lowest BCUT2D eigenvalue weighted by Crippen LogP contribution is -2.24. The Kier molecular flexibility index (Phi) is 5.96. The molecule has 1 aromatic heterocycles. The van der Waals surface area contributed by atoms with Gasteiger partial charge in [0, 0.05) is 17.5 Å². The second-order valence-electron chi connectivity index (χ2n) is 5.71.